The van der Waals surface area contributed by atoms with Crippen molar-refractivity contribution in [3.8, 4) is 0 Å². The molecule has 4 heteroatoms. The van der Waals surface area contributed by atoms with Crippen molar-refractivity contribution in [1.29, 1.82) is 0 Å². The summed E-state index contributed by atoms with van der Waals surface area (Å²) in [6, 6.07) is 0.204. The summed E-state index contributed by atoms with van der Waals surface area (Å²) in [7, 11) is 0. The van der Waals surface area contributed by atoms with E-state index in [1.54, 1.807) is 0 Å². The number of nitrogens with zero attached hydrogens (tertiary/aromatic N) is 1. The van der Waals surface area contributed by atoms with E-state index < -0.39 is 0 Å². The number of piperidine rings is 1. The van der Waals surface area contributed by atoms with E-state index in [4.69, 9.17) is 5.73 Å². The van der Waals surface area contributed by atoms with Gasteiger partial charge in [0.05, 0.1) is 6.54 Å². The van der Waals surface area contributed by atoms with E-state index >= 15 is 0 Å². The van der Waals surface area contributed by atoms with Crippen LogP contribution in [0, 0.1) is 5.92 Å². The van der Waals surface area contributed by atoms with Crippen molar-refractivity contribution >= 4 is 5.91 Å². The Bertz CT molecular complexity index is 265. The fourth-order valence-electron chi connectivity index (χ4n) is 2.02. The first-order chi connectivity index (χ1) is 7.84. The van der Waals surface area contributed by atoms with Crippen molar-refractivity contribution in [3.63, 3.8) is 0 Å². The van der Waals surface area contributed by atoms with E-state index in [1.807, 2.05) is 0 Å². The highest BCUT2D eigenvalue weighted by Gasteiger charge is 2.25. The number of likely N-dealkylation sites (tertiary alicyclic amines) is 1. The van der Waals surface area contributed by atoms with Crippen molar-refractivity contribution in [1.82, 2.24) is 10.2 Å². The lowest BCUT2D eigenvalue weighted by Crippen LogP contribution is -2.52. The Morgan fingerprint density at radius 1 is 1.53 bits per heavy atom. The Labute approximate surface area is 105 Å². The number of carbonyl (C=O) groups is 1. The van der Waals surface area contributed by atoms with Crippen LogP contribution in [0.15, 0.2) is 0 Å². The summed E-state index contributed by atoms with van der Waals surface area (Å²) in [5.74, 6) is 0.681. The highest BCUT2D eigenvalue weighted by molar-refractivity contribution is 5.78. The fourth-order valence-corrected chi connectivity index (χ4v) is 2.02. The van der Waals surface area contributed by atoms with Gasteiger partial charge in [-0.05, 0) is 39.2 Å². The van der Waals surface area contributed by atoms with E-state index in [0.717, 1.165) is 25.9 Å². The summed E-state index contributed by atoms with van der Waals surface area (Å²) in [5, 5.41) is 3.06. The summed E-state index contributed by atoms with van der Waals surface area (Å²) >= 11 is 0. The molecule has 2 atom stereocenters. The van der Waals surface area contributed by atoms with E-state index in [-0.39, 0.29) is 17.5 Å². The van der Waals surface area contributed by atoms with Crippen molar-refractivity contribution < 1.29 is 4.79 Å². The number of rotatable bonds is 4. The Morgan fingerprint density at radius 3 is 2.71 bits per heavy atom. The molecule has 1 saturated heterocycles. The summed E-state index contributed by atoms with van der Waals surface area (Å²) < 4.78 is 0. The summed E-state index contributed by atoms with van der Waals surface area (Å²) in [6.45, 7) is 10.7. The molecule has 0 aromatic rings. The fraction of sp³-hybridized carbons (Fsp3) is 0.923. The third kappa shape index (κ3) is 4.64. The van der Waals surface area contributed by atoms with Gasteiger partial charge in [0.15, 0.2) is 0 Å². The minimum absolute atomic E-state index is 0.109. The van der Waals surface area contributed by atoms with Crippen LogP contribution < -0.4 is 11.1 Å². The lowest BCUT2D eigenvalue weighted by molar-refractivity contribution is -0.124. The van der Waals surface area contributed by atoms with E-state index in [0.29, 0.717) is 12.5 Å². The van der Waals surface area contributed by atoms with Crippen LogP contribution in [-0.2, 0) is 4.79 Å². The van der Waals surface area contributed by atoms with Crippen molar-refractivity contribution in [2.45, 2.75) is 52.1 Å². The number of hydrogen-bond donors (Lipinski definition) is 2. The Hall–Kier alpha value is -0.610. The van der Waals surface area contributed by atoms with Crippen molar-refractivity contribution in [2.24, 2.45) is 11.7 Å². The molecule has 3 N–H and O–H groups in total. The maximum absolute atomic E-state index is 11.9. The number of hydrogen-bond acceptors (Lipinski definition) is 3. The van der Waals surface area contributed by atoms with Crippen LogP contribution in [-0.4, -0.2) is 42.0 Å². The molecule has 0 bridgehead atoms. The number of carbonyl (C=O) groups excluding carboxylic acids is 1. The Kier molecular flexibility index (Phi) is 4.95. The molecule has 1 aliphatic rings. The van der Waals surface area contributed by atoms with Gasteiger partial charge in [-0.2, -0.15) is 0 Å². The predicted octanol–water partition coefficient (Wildman–Crippen LogP) is 0.960. The topological polar surface area (TPSA) is 58.4 Å². The lowest BCUT2D eigenvalue weighted by atomic mass is 9.94. The quantitative estimate of drug-likeness (QED) is 0.771. The molecule has 1 fully saturated rings. The van der Waals surface area contributed by atoms with Gasteiger partial charge < -0.3 is 11.1 Å². The molecule has 0 aliphatic carbocycles. The maximum atomic E-state index is 11.9. The minimum atomic E-state index is -0.109. The van der Waals surface area contributed by atoms with Gasteiger partial charge >= 0.3 is 0 Å². The number of amides is 1. The van der Waals surface area contributed by atoms with Gasteiger partial charge in [0, 0.05) is 18.1 Å². The molecule has 1 rings (SSSR count). The third-order valence-corrected chi connectivity index (χ3v) is 3.83. The van der Waals surface area contributed by atoms with Gasteiger partial charge in [-0.15, -0.1) is 0 Å². The summed E-state index contributed by atoms with van der Waals surface area (Å²) in [6.07, 6.45) is 2.03. The van der Waals surface area contributed by atoms with Crippen LogP contribution in [0.4, 0.5) is 0 Å². The average Bonchev–Trinajstić information content (AvgIpc) is 2.23. The summed E-state index contributed by atoms with van der Waals surface area (Å²) in [4.78, 5) is 14.0. The zero-order valence-electron chi connectivity index (χ0n) is 11.6. The average molecular weight is 241 g/mol. The lowest BCUT2D eigenvalue weighted by Gasteiger charge is -2.35. The van der Waals surface area contributed by atoms with E-state index in [1.165, 1.54) is 0 Å². The number of nitrogens with one attached hydrogen (secondary N) is 1. The standard InChI is InChI=1S/C13H27N3O/c1-5-13(3,4)15-12(17)9-16-7-6-10(2)11(14)8-16/h10-11H,5-9,14H2,1-4H3,(H,15,17). The SMILES string of the molecule is CCC(C)(C)NC(=O)CN1CCC(C)C(N)C1. The first kappa shape index (κ1) is 14.5. The maximum Gasteiger partial charge on any atom is 0.234 e. The van der Waals surface area contributed by atoms with Crippen LogP contribution in [0.5, 0.6) is 0 Å². The number of nitrogens with two attached hydrogens (primary N) is 1. The second-order valence-electron chi connectivity index (χ2n) is 5.95. The monoisotopic (exact) mass is 241 g/mol. The molecule has 2 unspecified atom stereocenters. The normalized spacial score (nSPS) is 26.9. The van der Waals surface area contributed by atoms with Gasteiger partial charge in [0.25, 0.3) is 0 Å². The largest absolute Gasteiger partial charge is 0.350 e. The zero-order valence-corrected chi connectivity index (χ0v) is 11.6. The molecule has 100 valence electrons. The molecule has 0 spiro atoms. The van der Waals surface area contributed by atoms with Crippen molar-refractivity contribution in [3.05, 3.63) is 0 Å². The van der Waals surface area contributed by atoms with Gasteiger partial charge in [-0.3, -0.25) is 9.69 Å². The Balaban J connectivity index is 2.37. The molecule has 1 amide bonds. The molecule has 0 aromatic carbocycles. The molecule has 0 radical (unpaired) electrons. The molecular formula is C13H27N3O. The second-order valence-corrected chi connectivity index (χ2v) is 5.95. The zero-order chi connectivity index (χ0) is 13.1. The highest BCUT2D eigenvalue weighted by Crippen LogP contribution is 2.15. The Morgan fingerprint density at radius 2 is 2.18 bits per heavy atom. The van der Waals surface area contributed by atoms with E-state index in [2.05, 4.69) is 37.9 Å². The van der Waals surface area contributed by atoms with Crippen molar-refractivity contribution in [2.75, 3.05) is 19.6 Å². The predicted molar refractivity (Wildman–Crippen MR) is 70.7 cm³/mol. The summed E-state index contributed by atoms with van der Waals surface area (Å²) in [5.41, 5.74) is 5.92. The van der Waals surface area contributed by atoms with Gasteiger partial charge in [-0.25, -0.2) is 0 Å². The minimum Gasteiger partial charge on any atom is -0.350 e. The van der Waals surface area contributed by atoms with Crippen LogP contribution in [0.1, 0.15) is 40.5 Å². The highest BCUT2D eigenvalue weighted by atomic mass is 16.2. The molecule has 1 heterocycles. The van der Waals surface area contributed by atoms with Gasteiger partial charge in [0.2, 0.25) is 5.91 Å². The molecule has 1 aliphatic heterocycles. The van der Waals surface area contributed by atoms with Crippen LogP contribution in [0.25, 0.3) is 0 Å². The molecule has 0 saturated carbocycles. The first-order valence-corrected chi connectivity index (χ1v) is 6.63. The molecule has 17 heavy (non-hydrogen) atoms. The van der Waals surface area contributed by atoms with Crippen LogP contribution >= 0.6 is 0 Å². The van der Waals surface area contributed by atoms with E-state index in [9.17, 15) is 4.79 Å². The third-order valence-electron chi connectivity index (χ3n) is 3.83. The van der Waals surface area contributed by atoms with Crippen LogP contribution in [0.3, 0.4) is 0 Å². The molecule has 4 nitrogen and oxygen atoms in total. The molecule has 0 aromatic heterocycles. The molecular weight excluding hydrogens is 214 g/mol. The van der Waals surface area contributed by atoms with Crippen LogP contribution in [0.2, 0.25) is 0 Å². The van der Waals surface area contributed by atoms with Gasteiger partial charge in [-0.1, -0.05) is 13.8 Å². The second kappa shape index (κ2) is 5.83. The van der Waals surface area contributed by atoms with Gasteiger partial charge in [0.1, 0.15) is 0 Å². The first-order valence-electron chi connectivity index (χ1n) is 6.63. The smallest absolute Gasteiger partial charge is 0.234 e.